The third-order valence-corrected chi connectivity index (χ3v) is 5.75. The second-order valence-corrected chi connectivity index (χ2v) is 8.41. The van der Waals surface area contributed by atoms with E-state index in [9.17, 15) is 13.2 Å². The molecule has 0 aromatic heterocycles. The number of carbonyl (C=O) groups excluding carboxylic acids is 1. The Morgan fingerprint density at radius 2 is 1.89 bits per heavy atom. The fourth-order valence-corrected chi connectivity index (χ4v) is 3.84. The maximum atomic E-state index is 12.2. The minimum atomic E-state index is -3.96. The predicted octanol–water partition coefficient (Wildman–Crippen LogP) is 2.31. The lowest BCUT2D eigenvalue weighted by Gasteiger charge is -2.32. The molecule has 1 saturated heterocycles. The number of ether oxygens (including phenoxy) is 2. The normalized spacial score (nSPS) is 17.8. The maximum absolute atomic E-state index is 12.2. The van der Waals surface area contributed by atoms with E-state index in [4.69, 9.17) is 9.47 Å². The van der Waals surface area contributed by atoms with Crippen molar-refractivity contribution in [2.75, 3.05) is 26.3 Å². The van der Waals surface area contributed by atoms with Crippen molar-refractivity contribution >= 4 is 16.1 Å². The number of hydrogen-bond acceptors (Lipinski definition) is 6. The first-order chi connectivity index (χ1) is 13.4. The van der Waals surface area contributed by atoms with Gasteiger partial charge in [-0.05, 0) is 24.6 Å². The molecule has 1 amide bonds. The number of amides is 1. The Bertz CT molecular complexity index is 885. The molecule has 1 atom stereocenters. The highest BCUT2D eigenvalue weighted by Crippen LogP contribution is 2.12. The number of hydrogen-bond donors (Lipinski definition) is 1. The number of benzene rings is 2. The molecule has 0 spiro atoms. The molecule has 7 nitrogen and oxygen atoms in total. The van der Waals surface area contributed by atoms with Crippen LogP contribution in [-0.4, -0.2) is 51.8 Å². The summed E-state index contributed by atoms with van der Waals surface area (Å²) in [7, 11) is -3.96. The molecule has 1 N–H and O–H groups in total. The molecule has 0 bridgehead atoms. The van der Waals surface area contributed by atoms with Gasteiger partial charge in [0.05, 0.1) is 11.5 Å². The minimum Gasteiger partial charge on any atom is -0.446 e. The molecular formula is C20H24N2O5S. The molecule has 0 aliphatic carbocycles. The highest BCUT2D eigenvalue weighted by molar-refractivity contribution is 7.90. The highest BCUT2D eigenvalue weighted by atomic mass is 32.2. The molecule has 2 aromatic carbocycles. The zero-order chi connectivity index (χ0) is 20.0. The quantitative estimate of drug-likeness (QED) is 0.795. The Balaban J connectivity index is 1.48. The zero-order valence-corrected chi connectivity index (χ0v) is 16.5. The molecule has 1 aliphatic rings. The van der Waals surface area contributed by atoms with E-state index in [1.165, 1.54) is 17.7 Å². The van der Waals surface area contributed by atoms with Crippen LogP contribution in [0.3, 0.4) is 0 Å². The lowest BCUT2D eigenvalue weighted by atomic mass is 10.2. The van der Waals surface area contributed by atoms with Gasteiger partial charge in [-0.25, -0.2) is 17.9 Å². The van der Waals surface area contributed by atoms with Crippen molar-refractivity contribution in [2.45, 2.75) is 24.5 Å². The lowest BCUT2D eigenvalue weighted by molar-refractivity contribution is -0.0572. The summed E-state index contributed by atoms with van der Waals surface area (Å²) in [4.78, 5) is 14.2. The van der Waals surface area contributed by atoms with E-state index < -0.39 is 16.1 Å². The third-order valence-electron chi connectivity index (χ3n) is 4.42. The second-order valence-electron chi connectivity index (χ2n) is 6.73. The number of morpholine rings is 1. The van der Waals surface area contributed by atoms with E-state index in [2.05, 4.69) is 17.0 Å². The molecule has 28 heavy (non-hydrogen) atoms. The first-order valence-corrected chi connectivity index (χ1v) is 10.5. The molecule has 1 heterocycles. The topological polar surface area (TPSA) is 84.9 Å². The van der Waals surface area contributed by atoms with Gasteiger partial charge in [0.15, 0.2) is 0 Å². The predicted molar refractivity (Wildman–Crippen MR) is 104 cm³/mol. The van der Waals surface area contributed by atoms with E-state index in [0.717, 1.165) is 18.7 Å². The van der Waals surface area contributed by atoms with Gasteiger partial charge >= 0.3 is 6.09 Å². The van der Waals surface area contributed by atoms with Crippen LogP contribution in [-0.2, 0) is 26.0 Å². The average molecular weight is 404 g/mol. The summed E-state index contributed by atoms with van der Waals surface area (Å²) in [5.74, 6) is 0. The van der Waals surface area contributed by atoms with Crippen molar-refractivity contribution in [1.82, 2.24) is 9.62 Å². The number of nitrogens with zero attached hydrogens (tertiary/aromatic N) is 1. The highest BCUT2D eigenvalue weighted by Gasteiger charge is 2.24. The number of nitrogens with one attached hydrogen (secondary N) is 1. The van der Waals surface area contributed by atoms with Gasteiger partial charge in [0, 0.05) is 19.6 Å². The minimum absolute atomic E-state index is 0.0120. The summed E-state index contributed by atoms with van der Waals surface area (Å²) in [6.45, 7) is 4.55. The van der Waals surface area contributed by atoms with Gasteiger partial charge in [-0.3, -0.25) is 4.90 Å². The molecule has 2 aromatic rings. The molecule has 0 radical (unpaired) electrons. The van der Waals surface area contributed by atoms with Crippen molar-refractivity contribution in [1.29, 1.82) is 0 Å². The molecule has 0 saturated carbocycles. The van der Waals surface area contributed by atoms with Gasteiger partial charge in [-0.1, -0.05) is 48.0 Å². The van der Waals surface area contributed by atoms with Gasteiger partial charge < -0.3 is 9.47 Å². The van der Waals surface area contributed by atoms with Gasteiger partial charge in [-0.2, -0.15) is 0 Å². The molecule has 8 heteroatoms. The molecule has 1 fully saturated rings. The Hall–Kier alpha value is -2.42. The fraction of sp³-hybridized carbons (Fsp3) is 0.350. The Morgan fingerprint density at radius 3 is 2.61 bits per heavy atom. The third kappa shape index (κ3) is 5.79. The number of rotatable bonds is 6. The SMILES string of the molecule is Cc1ccc(S(=O)(=O)NC(=O)OC[C@H]2CN(Cc3ccccc3)CCO2)cc1. The van der Waals surface area contributed by atoms with Gasteiger partial charge in [0.1, 0.15) is 12.7 Å². The van der Waals surface area contributed by atoms with Crippen LogP contribution in [0.1, 0.15) is 11.1 Å². The monoisotopic (exact) mass is 404 g/mol. The average Bonchev–Trinajstić information content (AvgIpc) is 2.67. The van der Waals surface area contributed by atoms with Crippen LogP contribution in [0, 0.1) is 6.92 Å². The van der Waals surface area contributed by atoms with E-state index in [1.807, 2.05) is 29.8 Å². The standard InChI is InChI=1S/C20H24N2O5S/c1-16-7-9-19(10-8-16)28(24,25)21-20(23)27-15-18-14-22(11-12-26-18)13-17-5-3-2-4-6-17/h2-10,18H,11-15H2,1H3,(H,21,23)/t18-/m1/s1. The van der Waals surface area contributed by atoms with Crippen molar-refractivity contribution in [2.24, 2.45) is 0 Å². The van der Waals surface area contributed by atoms with Crippen LogP contribution in [0.5, 0.6) is 0 Å². The Labute approximate surface area is 165 Å². The number of carbonyl (C=O) groups is 1. The summed E-state index contributed by atoms with van der Waals surface area (Å²) < 4.78 is 37.1. The Morgan fingerprint density at radius 1 is 1.18 bits per heavy atom. The van der Waals surface area contributed by atoms with Gasteiger partial charge in [0.25, 0.3) is 10.0 Å². The smallest absolute Gasteiger partial charge is 0.421 e. The van der Waals surface area contributed by atoms with Crippen molar-refractivity contribution in [3.05, 3.63) is 65.7 Å². The van der Waals surface area contributed by atoms with Crippen LogP contribution in [0.25, 0.3) is 0 Å². The van der Waals surface area contributed by atoms with E-state index in [-0.39, 0.29) is 17.6 Å². The van der Waals surface area contributed by atoms with Gasteiger partial charge in [-0.15, -0.1) is 0 Å². The van der Waals surface area contributed by atoms with Crippen LogP contribution in [0.2, 0.25) is 0 Å². The van der Waals surface area contributed by atoms with Crippen LogP contribution >= 0.6 is 0 Å². The van der Waals surface area contributed by atoms with Crippen LogP contribution in [0.4, 0.5) is 4.79 Å². The first-order valence-electron chi connectivity index (χ1n) is 9.06. The summed E-state index contributed by atoms with van der Waals surface area (Å²) in [5.41, 5.74) is 2.13. The molecular weight excluding hydrogens is 380 g/mol. The van der Waals surface area contributed by atoms with E-state index in [1.54, 1.807) is 12.1 Å². The fourth-order valence-electron chi connectivity index (χ4n) is 2.95. The van der Waals surface area contributed by atoms with Crippen LogP contribution in [0.15, 0.2) is 59.5 Å². The largest absolute Gasteiger partial charge is 0.446 e. The molecule has 3 rings (SSSR count). The van der Waals surface area contributed by atoms with Crippen molar-refractivity contribution < 1.29 is 22.7 Å². The van der Waals surface area contributed by atoms with E-state index in [0.29, 0.717) is 13.2 Å². The maximum Gasteiger partial charge on any atom is 0.421 e. The zero-order valence-electron chi connectivity index (χ0n) is 15.7. The number of aryl methyl sites for hydroxylation is 1. The summed E-state index contributed by atoms with van der Waals surface area (Å²) in [5, 5.41) is 0. The number of sulfonamides is 1. The van der Waals surface area contributed by atoms with Gasteiger partial charge in [0.2, 0.25) is 0 Å². The first kappa shape index (κ1) is 20.3. The summed E-state index contributed by atoms with van der Waals surface area (Å²) in [6.07, 6.45) is -1.31. The van der Waals surface area contributed by atoms with Crippen LogP contribution < -0.4 is 4.72 Å². The summed E-state index contributed by atoms with van der Waals surface area (Å²) >= 11 is 0. The lowest BCUT2D eigenvalue weighted by Crippen LogP contribution is -2.45. The Kier molecular flexibility index (Phi) is 6.66. The molecule has 1 aliphatic heterocycles. The van der Waals surface area contributed by atoms with Crippen molar-refractivity contribution in [3.63, 3.8) is 0 Å². The molecule has 150 valence electrons. The summed E-state index contributed by atoms with van der Waals surface area (Å²) in [6, 6.07) is 16.3. The van der Waals surface area contributed by atoms with Crippen molar-refractivity contribution in [3.8, 4) is 0 Å². The molecule has 0 unspecified atom stereocenters. The second kappa shape index (κ2) is 9.18. The van der Waals surface area contributed by atoms with E-state index >= 15 is 0 Å².